The van der Waals surface area contributed by atoms with Crippen molar-refractivity contribution in [3.63, 3.8) is 0 Å². The number of hydrogen-bond donors (Lipinski definition) is 1. The molecule has 0 spiro atoms. The first-order valence-electron chi connectivity index (χ1n) is 6.30. The normalized spacial score (nSPS) is 11.4. The van der Waals surface area contributed by atoms with Gasteiger partial charge in [-0.1, -0.05) is 13.8 Å². The van der Waals surface area contributed by atoms with Gasteiger partial charge in [-0.2, -0.15) is 0 Å². The predicted molar refractivity (Wildman–Crippen MR) is 77.0 cm³/mol. The number of aromatic nitrogens is 3. The summed E-state index contributed by atoms with van der Waals surface area (Å²) in [4.78, 5) is 10.2. The van der Waals surface area contributed by atoms with Crippen LogP contribution in [0.5, 0.6) is 0 Å². The summed E-state index contributed by atoms with van der Waals surface area (Å²) in [6.45, 7) is 5.63. The Labute approximate surface area is 117 Å². The Hall–Kier alpha value is -1.24. The molecular weight excluding hydrogens is 260 g/mol. The summed E-state index contributed by atoms with van der Waals surface area (Å²) in [7, 11) is 3.67. The molecule has 2 heterocycles. The molecule has 0 radical (unpaired) electrons. The Kier molecular flexibility index (Phi) is 4.68. The topological polar surface area (TPSA) is 52.0 Å². The third-order valence-electron chi connectivity index (χ3n) is 2.74. The summed E-state index contributed by atoms with van der Waals surface area (Å²) in [6, 6.07) is 0.453. The zero-order chi connectivity index (χ0) is 13.8. The molecule has 0 aliphatic carbocycles. The Bertz CT molecular complexity index is 532. The minimum absolute atomic E-state index is 0.453. The van der Waals surface area contributed by atoms with Crippen LogP contribution in [-0.2, 0) is 24.9 Å². The van der Waals surface area contributed by atoms with Gasteiger partial charge >= 0.3 is 0 Å². The molecule has 0 unspecified atom stereocenters. The number of methoxy groups -OCH3 is 1. The second-order valence-corrected chi connectivity index (χ2v) is 5.80. The quantitative estimate of drug-likeness (QED) is 0.881. The van der Waals surface area contributed by atoms with Crippen molar-refractivity contribution < 1.29 is 4.74 Å². The van der Waals surface area contributed by atoms with Crippen molar-refractivity contribution in [3.8, 4) is 10.8 Å². The Balaban J connectivity index is 2.26. The maximum Gasteiger partial charge on any atom is 0.168 e. The van der Waals surface area contributed by atoms with E-state index in [4.69, 9.17) is 4.74 Å². The molecule has 0 aliphatic heterocycles. The first kappa shape index (κ1) is 14.2. The summed E-state index contributed by atoms with van der Waals surface area (Å²) in [6.07, 6.45) is 3.72. The van der Waals surface area contributed by atoms with Crippen molar-refractivity contribution in [2.24, 2.45) is 7.05 Å². The fourth-order valence-corrected chi connectivity index (χ4v) is 2.79. The fourth-order valence-electron chi connectivity index (χ4n) is 1.74. The van der Waals surface area contributed by atoms with E-state index < -0.39 is 0 Å². The fraction of sp³-hybridized carbons (Fsp3) is 0.538. The van der Waals surface area contributed by atoms with Crippen molar-refractivity contribution in [2.75, 3.05) is 7.11 Å². The first-order chi connectivity index (χ1) is 9.11. The van der Waals surface area contributed by atoms with Crippen LogP contribution in [-0.4, -0.2) is 27.7 Å². The van der Waals surface area contributed by atoms with Gasteiger partial charge in [0.1, 0.15) is 0 Å². The molecule has 1 N–H and O–H groups in total. The Morgan fingerprint density at radius 1 is 1.47 bits per heavy atom. The molecule has 2 aromatic rings. The lowest BCUT2D eigenvalue weighted by atomic mass is 10.3. The number of ether oxygens (including phenoxy) is 1. The van der Waals surface area contributed by atoms with E-state index in [0.717, 1.165) is 23.1 Å². The van der Waals surface area contributed by atoms with Crippen LogP contribution < -0.4 is 5.32 Å². The van der Waals surface area contributed by atoms with Crippen LogP contribution >= 0.6 is 11.3 Å². The third kappa shape index (κ3) is 3.40. The molecule has 0 atom stereocenters. The zero-order valence-corrected chi connectivity index (χ0v) is 12.6. The van der Waals surface area contributed by atoms with E-state index in [-0.39, 0.29) is 0 Å². The molecule has 5 nitrogen and oxygen atoms in total. The number of rotatable bonds is 6. The van der Waals surface area contributed by atoms with Gasteiger partial charge < -0.3 is 14.6 Å². The number of nitrogens with zero attached hydrogens (tertiary/aromatic N) is 3. The minimum Gasteiger partial charge on any atom is -0.378 e. The number of hydrogen-bond acceptors (Lipinski definition) is 5. The highest BCUT2D eigenvalue weighted by Crippen LogP contribution is 2.27. The lowest BCUT2D eigenvalue weighted by molar-refractivity contribution is 0.181. The molecule has 2 rings (SSSR count). The molecule has 0 bridgehead atoms. The van der Waals surface area contributed by atoms with Crippen molar-refractivity contribution in [3.05, 3.63) is 23.0 Å². The highest BCUT2D eigenvalue weighted by Gasteiger charge is 2.15. The second-order valence-electron chi connectivity index (χ2n) is 4.72. The van der Waals surface area contributed by atoms with E-state index in [1.54, 1.807) is 24.6 Å². The summed E-state index contributed by atoms with van der Waals surface area (Å²) in [5.74, 6) is 0.901. The molecule has 0 saturated carbocycles. The molecular formula is C13H20N4OS. The zero-order valence-electron chi connectivity index (χ0n) is 11.8. The van der Waals surface area contributed by atoms with Crippen molar-refractivity contribution in [1.29, 1.82) is 0 Å². The van der Waals surface area contributed by atoms with Crippen LogP contribution in [0.2, 0.25) is 0 Å². The standard InChI is InChI=1S/C13H20N4OS/c1-9(2)15-7-11-10(8-18-4)16-13(19-11)12-14-5-6-17(12)3/h5-6,9,15H,7-8H2,1-4H3. The van der Waals surface area contributed by atoms with Gasteiger partial charge in [-0.3, -0.25) is 0 Å². The Morgan fingerprint density at radius 3 is 2.84 bits per heavy atom. The highest BCUT2D eigenvalue weighted by atomic mass is 32.1. The smallest absolute Gasteiger partial charge is 0.168 e. The van der Waals surface area contributed by atoms with Crippen LogP contribution in [0.3, 0.4) is 0 Å². The van der Waals surface area contributed by atoms with Crippen molar-refractivity contribution >= 4 is 11.3 Å². The van der Waals surface area contributed by atoms with Gasteiger partial charge in [-0.25, -0.2) is 9.97 Å². The van der Waals surface area contributed by atoms with Crippen LogP contribution in [0.15, 0.2) is 12.4 Å². The summed E-state index contributed by atoms with van der Waals surface area (Å²) in [5, 5.41) is 4.37. The Morgan fingerprint density at radius 2 is 2.26 bits per heavy atom. The molecule has 0 saturated heterocycles. The van der Waals surface area contributed by atoms with Crippen molar-refractivity contribution in [2.45, 2.75) is 33.0 Å². The molecule has 2 aromatic heterocycles. The van der Waals surface area contributed by atoms with Crippen molar-refractivity contribution in [1.82, 2.24) is 19.9 Å². The van der Waals surface area contributed by atoms with E-state index in [1.807, 2.05) is 17.8 Å². The van der Waals surface area contributed by atoms with Gasteiger partial charge in [-0.05, 0) is 0 Å². The van der Waals surface area contributed by atoms with E-state index in [1.165, 1.54) is 4.88 Å². The molecule has 0 amide bonds. The third-order valence-corrected chi connectivity index (χ3v) is 3.84. The van der Waals surface area contributed by atoms with Gasteiger partial charge in [0.05, 0.1) is 12.3 Å². The van der Waals surface area contributed by atoms with E-state index in [9.17, 15) is 0 Å². The molecule has 0 aliphatic rings. The lowest BCUT2D eigenvalue weighted by Gasteiger charge is -2.07. The predicted octanol–water partition coefficient (Wildman–Crippen LogP) is 2.19. The number of imidazole rings is 1. The van der Waals surface area contributed by atoms with Gasteiger partial charge in [0, 0.05) is 44.0 Å². The van der Waals surface area contributed by atoms with E-state index >= 15 is 0 Å². The van der Waals surface area contributed by atoms with Gasteiger partial charge in [0.15, 0.2) is 10.8 Å². The van der Waals surface area contributed by atoms with E-state index in [2.05, 4.69) is 29.1 Å². The maximum absolute atomic E-state index is 5.23. The summed E-state index contributed by atoms with van der Waals surface area (Å²) >= 11 is 1.68. The largest absolute Gasteiger partial charge is 0.378 e. The average molecular weight is 280 g/mol. The van der Waals surface area contributed by atoms with Crippen LogP contribution in [0.1, 0.15) is 24.4 Å². The lowest BCUT2D eigenvalue weighted by Crippen LogP contribution is -2.21. The number of aryl methyl sites for hydroxylation is 1. The number of thiazole rings is 1. The molecule has 6 heteroatoms. The van der Waals surface area contributed by atoms with Gasteiger partial charge in [-0.15, -0.1) is 11.3 Å². The SMILES string of the molecule is COCc1nc(-c2nccn2C)sc1CNC(C)C. The average Bonchev–Trinajstić information content (AvgIpc) is 2.93. The van der Waals surface area contributed by atoms with Crippen LogP contribution in [0, 0.1) is 0 Å². The van der Waals surface area contributed by atoms with Gasteiger partial charge in [0.2, 0.25) is 0 Å². The van der Waals surface area contributed by atoms with Crippen LogP contribution in [0.4, 0.5) is 0 Å². The summed E-state index contributed by atoms with van der Waals surface area (Å²) < 4.78 is 7.21. The molecule has 104 valence electrons. The highest BCUT2D eigenvalue weighted by molar-refractivity contribution is 7.15. The van der Waals surface area contributed by atoms with E-state index in [0.29, 0.717) is 12.6 Å². The minimum atomic E-state index is 0.453. The maximum atomic E-state index is 5.23. The number of nitrogens with one attached hydrogen (secondary N) is 1. The monoisotopic (exact) mass is 280 g/mol. The van der Waals surface area contributed by atoms with Gasteiger partial charge in [0.25, 0.3) is 0 Å². The van der Waals surface area contributed by atoms with Crippen LogP contribution in [0.25, 0.3) is 10.8 Å². The molecule has 19 heavy (non-hydrogen) atoms. The summed E-state index contributed by atoms with van der Waals surface area (Å²) in [5.41, 5.74) is 0.999. The molecule has 0 fully saturated rings. The molecule has 0 aromatic carbocycles. The second kappa shape index (κ2) is 6.27. The first-order valence-corrected chi connectivity index (χ1v) is 7.12.